The lowest BCUT2D eigenvalue weighted by Gasteiger charge is -2.28. The third kappa shape index (κ3) is 5.18. The van der Waals surface area contributed by atoms with Gasteiger partial charge in [-0.1, -0.05) is 67.6 Å². The van der Waals surface area contributed by atoms with Gasteiger partial charge in [0, 0.05) is 0 Å². The molecule has 1 unspecified atom stereocenters. The first kappa shape index (κ1) is 18.7. The highest BCUT2D eigenvalue weighted by molar-refractivity contribution is 5.84. The van der Waals surface area contributed by atoms with Crippen LogP contribution in [0.4, 0.5) is 0 Å². The van der Waals surface area contributed by atoms with Crippen LogP contribution in [0.25, 0.3) is 0 Å². The summed E-state index contributed by atoms with van der Waals surface area (Å²) >= 11 is 0. The largest absolute Gasteiger partial charge is 0.461 e. The predicted molar refractivity (Wildman–Crippen MR) is 95.4 cm³/mol. The second kappa shape index (κ2) is 8.47. The molecule has 0 aliphatic heterocycles. The van der Waals surface area contributed by atoms with Crippen molar-refractivity contribution in [2.45, 2.75) is 34.0 Å². The summed E-state index contributed by atoms with van der Waals surface area (Å²) in [4.78, 5) is 24.7. The summed E-state index contributed by atoms with van der Waals surface area (Å²) in [7, 11) is 0. The van der Waals surface area contributed by atoms with Crippen molar-refractivity contribution in [2.75, 3.05) is 0 Å². The minimum Gasteiger partial charge on any atom is -0.461 e. The Hall–Kier alpha value is -2.62. The Morgan fingerprint density at radius 2 is 1.28 bits per heavy atom. The molecule has 0 aliphatic carbocycles. The molecule has 2 rings (SSSR count). The summed E-state index contributed by atoms with van der Waals surface area (Å²) in [6, 6.07) is 18.9. The molecular formula is C21H24O4. The van der Waals surface area contributed by atoms with Crippen LogP contribution in [0.5, 0.6) is 0 Å². The van der Waals surface area contributed by atoms with E-state index in [1.807, 2.05) is 60.7 Å². The summed E-state index contributed by atoms with van der Waals surface area (Å²) < 4.78 is 10.7. The van der Waals surface area contributed by atoms with Crippen LogP contribution < -0.4 is 0 Å². The molecule has 1 atom stereocenters. The van der Waals surface area contributed by atoms with Gasteiger partial charge in [-0.25, -0.2) is 0 Å². The number of rotatable bonds is 7. The Balaban J connectivity index is 1.89. The molecule has 0 aromatic heterocycles. The van der Waals surface area contributed by atoms with Gasteiger partial charge >= 0.3 is 11.9 Å². The highest BCUT2D eigenvalue weighted by Gasteiger charge is 2.40. The topological polar surface area (TPSA) is 52.6 Å². The zero-order valence-electron chi connectivity index (χ0n) is 14.9. The SMILES string of the molecule is CC(C(=O)OCc1ccccc1)C(C)(C)C(=O)OCc1ccccc1. The van der Waals surface area contributed by atoms with Gasteiger partial charge in [0.25, 0.3) is 0 Å². The van der Waals surface area contributed by atoms with E-state index >= 15 is 0 Å². The second-order valence-corrected chi connectivity index (χ2v) is 6.60. The predicted octanol–water partition coefficient (Wildman–Crippen LogP) is 4.14. The van der Waals surface area contributed by atoms with Gasteiger partial charge in [0.15, 0.2) is 0 Å². The van der Waals surface area contributed by atoms with Gasteiger partial charge in [-0.3, -0.25) is 9.59 Å². The molecule has 4 heteroatoms. The maximum atomic E-state index is 12.4. The smallest absolute Gasteiger partial charge is 0.312 e. The van der Waals surface area contributed by atoms with E-state index in [-0.39, 0.29) is 13.2 Å². The Morgan fingerprint density at radius 3 is 1.76 bits per heavy atom. The lowest BCUT2D eigenvalue weighted by molar-refractivity contribution is -0.168. The number of carbonyl (C=O) groups is 2. The molecule has 2 aromatic rings. The first-order valence-electron chi connectivity index (χ1n) is 8.33. The number of carbonyl (C=O) groups excluding carboxylic acids is 2. The van der Waals surface area contributed by atoms with Gasteiger partial charge < -0.3 is 9.47 Å². The van der Waals surface area contributed by atoms with Crippen molar-refractivity contribution in [2.24, 2.45) is 11.3 Å². The minimum absolute atomic E-state index is 0.189. The molecule has 0 saturated heterocycles. The van der Waals surface area contributed by atoms with Gasteiger partial charge in [-0.2, -0.15) is 0 Å². The van der Waals surface area contributed by atoms with Crippen molar-refractivity contribution in [1.29, 1.82) is 0 Å². The van der Waals surface area contributed by atoms with Crippen LogP contribution in [-0.4, -0.2) is 11.9 Å². The van der Waals surface area contributed by atoms with Gasteiger partial charge in [0.05, 0.1) is 11.3 Å². The van der Waals surface area contributed by atoms with E-state index in [4.69, 9.17) is 9.47 Å². The van der Waals surface area contributed by atoms with E-state index in [2.05, 4.69) is 0 Å². The molecule has 0 spiro atoms. The number of ether oxygens (including phenoxy) is 2. The third-order valence-electron chi connectivity index (χ3n) is 4.40. The van der Waals surface area contributed by atoms with Crippen molar-refractivity contribution in [1.82, 2.24) is 0 Å². The maximum absolute atomic E-state index is 12.4. The van der Waals surface area contributed by atoms with E-state index < -0.39 is 23.3 Å². The van der Waals surface area contributed by atoms with Crippen molar-refractivity contribution in [3.05, 3.63) is 71.8 Å². The molecule has 0 saturated carbocycles. The molecule has 132 valence electrons. The van der Waals surface area contributed by atoms with Crippen molar-refractivity contribution >= 4 is 11.9 Å². The second-order valence-electron chi connectivity index (χ2n) is 6.60. The highest BCUT2D eigenvalue weighted by Crippen LogP contribution is 2.30. The van der Waals surface area contributed by atoms with Crippen LogP contribution in [-0.2, 0) is 32.3 Å². The fourth-order valence-electron chi connectivity index (χ4n) is 2.23. The zero-order valence-corrected chi connectivity index (χ0v) is 14.9. The molecule has 0 amide bonds. The van der Waals surface area contributed by atoms with Crippen LogP contribution >= 0.6 is 0 Å². The Labute approximate surface area is 148 Å². The first-order chi connectivity index (χ1) is 11.9. The molecule has 0 N–H and O–H groups in total. The maximum Gasteiger partial charge on any atom is 0.312 e. The lowest BCUT2D eigenvalue weighted by atomic mass is 9.80. The van der Waals surface area contributed by atoms with E-state index in [9.17, 15) is 9.59 Å². The fourth-order valence-corrected chi connectivity index (χ4v) is 2.23. The van der Waals surface area contributed by atoms with Crippen LogP contribution in [0.2, 0.25) is 0 Å². The summed E-state index contributed by atoms with van der Waals surface area (Å²) in [5, 5.41) is 0. The van der Waals surface area contributed by atoms with Gasteiger partial charge in [0.1, 0.15) is 13.2 Å². The van der Waals surface area contributed by atoms with Crippen molar-refractivity contribution < 1.29 is 19.1 Å². The number of hydrogen-bond donors (Lipinski definition) is 0. The van der Waals surface area contributed by atoms with Crippen molar-refractivity contribution in [3.8, 4) is 0 Å². The van der Waals surface area contributed by atoms with Gasteiger partial charge in [-0.15, -0.1) is 0 Å². The molecule has 0 radical (unpaired) electrons. The molecular weight excluding hydrogens is 316 g/mol. The molecule has 0 fully saturated rings. The summed E-state index contributed by atoms with van der Waals surface area (Å²) in [5.41, 5.74) is 0.848. The van der Waals surface area contributed by atoms with Crippen LogP contribution in [0, 0.1) is 11.3 Å². The fraction of sp³-hybridized carbons (Fsp3) is 0.333. The Bertz CT molecular complexity index is 692. The van der Waals surface area contributed by atoms with Crippen LogP contribution in [0.3, 0.4) is 0 Å². The molecule has 25 heavy (non-hydrogen) atoms. The summed E-state index contributed by atoms with van der Waals surface area (Å²) in [6.07, 6.45) is 0. The van der Waals surface area contributed by atoms with Gasteiger partial charge in [-0.05, 0) is 25.0 Å². The quantitative estimate of drug-likeness (QED) is 0.711. The molecule has 0 aliphatic rings. The van der Waals surface area contributed by atoms with Crippen LogP contribution in [0.15, 0.2) is 60.7 Å². The number of benzene rings is 2. The van der Waals surface area contributed by atoms with Crippen LogP contribution in [0.1, 0.15) is 31.9 Å². The minimum atomic E-state index is -0.970. The van der Waals surface area contributed by atoms with Crippen molar-refractivity contribution in [3.63, 3.8) is 0 Å². The van der Waals surface area contributed by atoms with E-state index in [1.165, 1.54) is 0 Å². The normalized spacial score (nSPS) is 12.3. The lowest BCUT2D eigenvalue weighted by Crippen LogP contribution is -2.38. The number of hydrogen-bond acceptors (Lipinski definition) is 4. The molecule has 0 bridgehead atoms. The molecule has 0 heterocycles. The summed E-state index contributed by atoms with van der Waals surface area (Å²) in [5.74, 6) is -1.44. The Morgan fingerprint density at radius 1 is 0.840 bits per heavy atom. The Kier molecular flexibility index (Phi) is 6.34. The average molecular weight is 340 g/mol. The van der Waals surface area contributed by atoms with E-state index in [0.29, 0.717) is 0 Å². The first-order valence-corrected chi connectivity index (χ1v) is 8.33. The van der Waals surface area contributed by atoms with E-state index in [1.54, 1.807) is 20.8 Å². The number of esters is 2. The average Bonchev–Trinajstić information content (AvgIpc) is 2.65. The van der Waals surface area contributed by atoms with E-state index in [0.717, 1.165) is 11.1 Å². The van der Waals surface area contributed by atoms with Gasteiger partial charge in [0.2, 0.25) is 0 Å². The third-order valence-corrected chi connectivity index (χ3v) is 4.40. The monoisotopic (exact) mass is 340 g/mol. The highest BCUT2D eigenvalue weighted by atomic mass is 16.5. The molecule has 2 aromatic carbocycles. The molecule has 4 nitrogen and oxygen atoms in total. The standard InChI is InChI=1S/C21H24O4/c1-16(19(22)24-14-17-10-6-4-7-11-17)21(2,3)20(23)25-15-18-12-8-5-9-13-18/h4-13,16H,14-15H2,1-3H3. The zero-order chi connectivity index (χ0) is 18.3. The summed E-state index contributed by atoms with van der Waals surface area (Å²) in [6.45, 7) is 5.48.